The molecule has 0 bridgehead atoms. The molecule has 4 nitrogen and oxygen atoms in total. The van der Waals surface area contributed by atoms with Gasteiger partial charge in [-0.3, -0.25) is 9.59 Å². The lowest BCUT2D eigenvalue weighted by Gasteiger charge is -2.14. The molecule has 3 aromatic rings. The van der Waals surface area contributed by atoms with Gasteiger partial charge in [-0.05, 0) is 36.2 Å². The van der Waals surface area contributed by atoms with E-state index >= 15 is 0 Å². The zero-order valence-corrected chi connectivity index (χ0v) is 14.3. The number of aryl methyl sites for hydroxylation is 1. The van der Waals surface area contributed by atoms with Gasteiger partial charge >= 0.3 is 5.97 Å². The number of rotatable bonds is 5. The van der Waals surface area contributed by atoms with E-state index in [2.05, 4.69) is 4.98 Å². The number of benzene rings is 2. The molecule has 0 saturated carbocycles. The molecule has 0 fully saturated rings. The Morgan fingerprint density at radius 1 is 1.19 bits per heavy atom. The Morgan fingerprint density at radius 2 is 1.96 bits per heavy atom. The Bertz CT molecular complexity index is 994. The average molecular weight is 357 g/mol. The number of ether oxygens (including phenoxy) is 1. The highest BCUT2D eigenvalue weighted by Crippen LogP contribution is 2.32. The lowest BCUT2D eigenvalue weighted by atomic mass is 9.90. The van der Waals surface area contributed by atoms with Gasteiger partial charge in [0.2, 0.25) is 0 Å². The second-order valence-corrected chi connectivity index (χ2v) is 6.07. The highest BCUT2D eigenvalue weighted by atomic mass is 19.1. The largest absolute Gasteiger partial charge is 0.469 e. The minimum atomic E-state index is -0.950. The van der Waals surface area contributed by atoms with E-state index in [-0.39, 0.29) is 12.0 Å². The molecule has 0 aliphatic heterocycles. The molecule has 0 amide bonds. The molecule has 0 spiro atoms. The predicted molar refractivity (Wildman–Crippen MR) is 93.1 cm³/mol. The fraction of sp³-hybridized carbons (Fsp3) is 0.200. The van der Waals surface area contributed by atoms with Crippen molar-refractivity contribution in [1.82, 2.24) is 4.98 Å². The fourth-order valence-electron chi connectivity index (χ4n) is 3.15. The van der Waals surface area contributed by atoms with Gasteiger partial charge in [0, 0.05) is 29.6 Å². The van der Waals surface area contributed by atoms with E-state index in [1.165, 1.54) is 7.11 Å². The molecule has 1 N–H and O–H groups in total. The lowest BCUT2D eigenvalue weighted by Crippen LogP contribution is -2.19. The first-order valence-electron chi connectivity index (χ1n) is 8.05. The molecule has 0 aliphatic rings. The van der Waals surface area contributed by atoms with E-state index in [4.69, 9.17) is 4.74 Å². The summed E-state index contributed by atoms with van der Waals surface area (Å²) in [5, 5.41) is 0.829. The summed E-state index contributed by atoms with van der Waals surface area (Å²) >= 11 is 0. The Morgan fingerprint density at radius 3 is 2.65 bits per heavy atom. The third-order valence-electron chi connectivity index (χ3n) is 4.43. The molecule has 26 heavy (non-hydrogen) atoms. The number of aromatic amines is 1. The van der Waals surface area contributed by atoms with E-state index in [1.54, 1.807) is 6.20 Å². The number of fused-ring (bicyclic) bond motifs is 1. The van der Waals surface area contributed by atoms with E-state index in [0.717, 1.165) is 28.6 Å². The molecule has 1 heterocycles. The molecule has 134 valence electrons. The number of hydrogen-bond donors (Lipinski definition) is 1. The van der Waals surface area contributed by atoms with Gasteiger partial charge in [0.25, 0.3) is 0 Å². The van der Waals surface area contributed by atoms with Crippen LogP contribution in [-0.2, 0) is 9.53 Å². The summed E-state index contributed by atoms with van der Waals surface area (Å²) in [5.41, 5.74) is 2.13. The van der Waals surface area contributed by atoms with Crippen molar-refractivity contribution >= 4 is 22.7 Å². The SMILES string of the molecule is COC(=O)C(CC(=O)c1ccc(F)cc1F)c1c[nH]c2cccc(C)c12. The van der Waals surface area contributed by atoms with Crippen molar-refractivity contribution in [3.8, 4) is 0 Å². The normalized spacial score (nSPS) is 12.2. The smallest absolute Gasteiger partial charge is 0.313 e. The van der Waals surface area contributed by atoms with Gasteiger partial charge in [-0.25, -0.2) is 8.78 Å². The predicted octanol–water partition coefficient (Wildman–Crippen LogP) is 4.28. The maximum Gasteiger partial charge on any atom is 0.313 e. The van der Waals surface area contributed by atoms with Crippen molar-refractivity contribution in [2.45, 2.75) is 19.3 Å². The van der Waals surface area contributed by atoms with Crippen LogP contribution in [0.5, 0.6) is 0 Å². The summed E-state index contributed by atoms with van der Waals surface area (Å²) < 4.78 is 31.8. The van der Waals surface area contributed by atoms with Gasteiger partial charge in [0.05, 0.1) is 18.6 Å². The number of H-pyrrole nitrogens is 1. The highest BCUT2D eigenvalue weighted by Gasteiger charge is 2.29. The minimum Gasteiger partial charge on any atom is -0.469 e. The molecular formula is C20H17F2NO3. The van der Waals surface area contributed by atoms with Crippen molar-refractivity contribution in [3.63, 3.8) is 0 Å². The van der Waals surface area contributed by atoms with Crippen molar-refractivity contribution in [3.05, 3.63) is 70.9 Å². The highest BCUT2D eigenvalue weighted by molar-refractivity contribution is 6.01. The Kier molecular flexibility index (Phi) is 4.84. The molecule has 0 radical (unpaired) electrons. The quantitative estimate of drug-likeness (QED) is 0.548. The summed E-state index contributed by atoms with van der Waals surface area (Å²) in [6.45, 7) is 1.90. The van der Waals surface area contributed by atoms with Crippen LogP contribution in [0.2, 0.25) is 0 Å². The molecule has 3 rings (SSSR count). The third-order valence-corrected chi connectivity index (χ3v) is 4.43. The van der Waals surface area contributed by atoms with Crippen molar-refractivity contribution in [2.24, 2.45) is 0 Å². The first-order chi connectivity index (χ1) is 12.4. The monoisotopic (exact) mass is 357 g/mol. The molecule has 2 aromatic carbocycles. The average Bonchev–Trinajstić information content (AvgIpc) is 3.04. The fourth-order valence-corrected chi connectivity index (χ4v) is 3.15. The van der Waals surface area contributed by atoms with Crippen LogP contribution in [0, 0.1) is 18.6 Å². The standard InChI is InChI=1S/C20H17F2NO3/c1-11-4-3-5-17-19(11)15(10-23-17)14(20(25)26-2)9-18(24)13-7-6-12(21)8-16(13)22/h3-8,10,14,23H,9H2,1-2H3. The summed E-state index contributed by atoms with van der Waals surface area (Å²) in [7, 11) is 1.24. The number of halogens is 2. The van der Waals surface area contributed by atoms with Crippen molar-refractivity contribution in [1.29, 1.82) is 0 Å². The van der Waals surface area contributed by atoms with E-state index in [9.17, 15) is 18.4 Å². The summed E-state index contributed by atoms with van der Waals surface area (Å²) in [4.78, 5) is 28.0. The Balaban J connectivity index is 2.01. The number of Topliss-reactive ketones (excluding diaryl/α,β-unsaturated/α-hetero) is 1. The minimum absolute atomic E-state index is 0.253. The van der Waals surface area contributed by atoms with Crippen LogP contribution in [-0.4, -0.2) is 23.8 Å². The third kappa shape index (κ3) is 3.22. The van der Waals surface area contributed by atoms with Crippen LogP contribution < -0.4 is 0 Å². The van der Waals surface area contributed by atoms with Gasteiger partial charge in [-0.2, -0.15) is 0 Å². The number of carbonyl (C=O) groups excluding carboxylic acids is 2. The van der Waals surface area contributed by atoms with Crippen molar-refractivity contribution < 1.29 is 23.1 Å². The van der Waals surface area contributed by atoms with Crippen LogP contribution in [0.4, 0.5) is 8.78 Å². The van der Waals surface area contributed by atoms with Gasteiger partial charge in [-0.1, -0.05) is 12.1 Å². The topological polar surface area (TPSA) is 59.2 Å². The first-order valence-corrected chi connectivity index (χ1v) is 8.05. The molecule has 1 aromatic heterocycles. The molecule has 1 unspecified atom stereocenters. The van der Waals surface area contributed by atoms with Crippen LogP contribution in [0.1, 0.15) is 33.8 Å². The molecule has 6 heteroatoms. The zero-order valence-electron chi connectivity index (χ0n) is 14.3. The molecule has 0 aliphatic carbocycles. The maximum absolute atomic E-state index is 13.9. The second-order valence-electron chi connectivity index (χ2n) is 6.07. The van der Waals surface area contributed by atoms with Gasteiger partial charge in [0.1, 0.15) is 11.6 Å². The second kappa shape index (κ2) is 7.07. The number of carbonyl (C=O) groups is 2. The number of ketones is 1. The summed E-state index contributed by atoms with van der Waals surface area (Å²) in [6.07, 6.45) is 1.38. The number of hydrogen-bond acceptors (Lipinski definition) is 3. The van der Waals surface area contributed by atoms with Crippen LogP contribution in [0.15, 0.2) is 42.6 Å². The Hall–Kier alpha value is -3.02. The number of aromatic nitrogens is 1. The van der Waals surface area contributed by atoms with Crippen molar-refractivity contribution in [2.75, 3.05) is 7.11 Å². The van der Waals surface area contributed by atoms with E-state index < -0.39 is 29.3 Å². The molecule has 0 saturated heterocycles. The first kappa shape index (κ1) is 17.8. The molecule has 1 atom stereocenters. The van der Waals surface area contributed by atoms with E-state index in [0.29, 0.717) is 11.6 Å². The van der Waals surface area contributed by atoms with Gasteiger partial charge in [-0.15, -0.1) is 0 Å². The van der Waals surface area contributed by atoms with Crippen LogP contribution >= 0.6 is 0 Å². The summed E-state index contributed by atoms with van der Waals surface area (Å²) in [6, 6.07) is 8.39. The maximum atomic E-state index is 13.9. The van der Waals surface area contributed by atoms with Gasteiger partial charge in [0.15, 0.2) is 5.78 Å². The van der Waals surface area contributed by atoms with Crippen LogP contribution in [0.25, 0.3) is 10.9 Å². The summed E-state index contributed by atoms with van der Waals surface area (Å²) in [5.74, 6) is -3.80. The number of methoxy groups -OCH3 is 1. The Labute approximate surface area is 148 Å². The van der Waals surface area contributed by atoms with Crippen LogP contribution in [0.3, 0.4) is 0 Å². The van der Waals surface area contributed by atoms with E-state index in [1.807, 2.05) is 25.1 Å². The number of nitrogens with one attached hydrogen (secondary N) is 1. The zero-order chi connectivity index (χ0) is 18.8. The number of esters is 1. The van der Waals surface area contributed by atoms with Gasteiger partial charge < -0.3 is 9.72 Å². The lowest BCUT2D eigenvalue weighted by molar-refractivity contribution is -0.142. The molecular weight excluding hydrogens is 340 g/mol.